The number of aromatic nitrogens is 2. The third-order valence-electron chi connectivity index (χ3n) is 5.55. The van der Waals surface area contributed by atoms with Crippen molar-refractivity contribution >= 4 is 11.6 Å². The van der Waals surface area contributed by atoms with Crippen molar-refractivity contribution in [3.63, 3.8) is 0 Å². The molecule has 0 spiro atoms. The number of pyridine rings is 1. The third-order valence-corrected chi connectivity index (χ3v) is 5.55. The van der Waals surface area contributed by atoms with Crippen LogP contribution in [0.2, 0.25) is 0 Å². The SMILES string of the molecule is Cc1cccn2cc(CC(=O)NCc3ccccc3CN3C[C@@H](C)O[C@H](C)C3)nc12. The van der Waals surface area contributed by atoms with Crippen LogP contribution in [0.15, 0.2) is 48.8 Å². The van der Waals surface area contributed by atoms with E-state index in [1.807, 2.05) is 41.9 Å². The Bertz CT molecular complexity index is 1020. The van der Waals surface area contributed by atoms with E-state index in [1.54, 1.807) is 0 Å². The van der Waals surface area contributed by atoms with E-state index >= 15 is 0 Å². The maximum Gasteiger partial charge on any atom is 0.226 e. The van der Waals surface area contributed by atoms with Crippen molar-refractivity contribution in [2.45, 2.75) is 52.5 Å². The molecule has 2 aromatic heterocycles. The molecule has 0 saturated carbocycles. The summed E-state index contributed by atoms with van der Waals surface area (Å²) in [4.78, 5) is 19.6. The normalized spacial score (nSPS) is 19.8. The molecule has 3 heterocycles. The summed E-state index contributed by atoms with van der Waals surface area (Å²) < 4.78 is 7.81. The number of nitrogens with one attached hydrogen (secondary N) is 1. The Morgan fingerprint density at radius 1 is 1.13 bits per heavy atom. The lowest BCUT2D eigenvalue weighted by Gasteiger charge is -2.35. The maximum absolute atomic E-state index is 12.5. The first-order chi connectivity index (χ1) is 14.5. The van der Waals surface area contributed by atoms with Crippen LogP contribution in [0.1, 0.15) is 36.2 Å². The van der Waals surface area contributed by atoms with E-state index in [0.29, 0.717) is 6.54 Å². The highest BCUT2D eigenvalue weighted by Gasteiger charge is 2.22. The van der Waals surface area contributed by atoms with Crippen LogP contribution >= 0.6 is 0 Å². The second-order valence-corrected chi connectivity index (χ2v) is 8.33. The minimum atomic E-state index is -0.0144. The summed E-state index contributed by atoms with van der Waals surface area (Å²) in [5.74, 6) is -0.0144. The zero-order valence-electron chi connectivity index (χ0n) is 18.0. The molecule has 6 heteroatoms. The van der Waals surface area contributed by atoms with Gasteiger partial charge >= 0.3 is 0 Å². The molecule has 2 atom stereocenters. The molecule has 1 aliphatic heterocycles. The van der Waals surface area contributed by atoms with Crippen molar-refractivity contribution in [2.75, 3.05) is 13.1 Å². The lowest BCUT2D eigenvalue weighted by molar-refractivity contribution is -0.120. The summed E-state index contributed by atoms with van der Waals surface area (Å²) in [5, 5.41) is 3.07. The van der Waals surface area contributed by atoms with E-state index < -0.39 is 0 Å². The summed E-state index contributed by atoms with van der Waals surface area (Å²) in [7, 11) is 0. The van der Waals surface area contributed by atoms with E-state index in [-0.39, 0.29) is 24.5 Å². The quantitative estimate of drug-likeness (QED) is 0.683. The van der Waals surface area contributed by atoms with Gasteiger partial charge in [0.15, 0.2) is 0 Å². The highest BCUT2D eigenvalue weighted by molar-refractivity contribution is 5.78. The number of morpholine rings is 1. The first kappa shape index (κ1) is 20.6. The van der Waals surface area contributed by atoms with Gasteiger partial charge in [-0.1, -0.05) is 30.3 Å². The summed E-state index contributed by atoms with van der Waals surface area (Å²) >= 11 is 0. The summed E-state index contributed by atoms with van der Waals surface area (Å²) in [6, 6.07) is 12.3. The Morgan fingerprint density at radius 3 is 2.60 bits per heavy atom. The fourth-order valence-electron chi connectivity index (χ4n) is 4.25. The second kappa shape index (κ2) is 8.98. The average molecular weight is 407 g/mol. The van der Waals surface area contributed by atoms with Gasteiger partial charge in [0.1, 0.15) is 5.65 Å². The zero-order chi connectivity index (χ0) is 21.1. The summed E-state index contributed by atoms with van der Waals surface area (Å²) in [6.07, 6.45) is 4.66. The van der Waals surface area contributed by atoms with E-state index in [4.69, 9.17) is 4.74 Å². The number of imidazole rings is 1. The average Bonchev–Trinajstić information content (AvgIpc) is 3.10. The molecule has 3 aromatic rings. The van der Waals surface area contributed by atoms with Crippen LogP contribution < -0.4 is 5.32 Å². The molecule has 158 valence electrons. The molecule has 1 amide bonds. The Labute approximate surface area is 177 Å². The number of carbonyl (C=O) groups is 1. The Kier molecular flexibility index (Phi) is 6.16. The van der Waals surface area contributed by atoms with Gasteiger partial charge in [-0.2, -0.15) is 0 Å². The zero-order valence-corrected chi connectivity index (χ0v) is 18.0. The number of carbonyl (C=O) groups excluding carboxylic acids is 1. The molecule has 1 N–H and O–H groups in total. The minimum absolute atomic E-state index is 0.0144. The van der Waals surface area contributed by atoms with Crippen molar-refractivity contribution in [3.8, 4) is 0 Å². The number of aryl methyl sites for hydroxylation is 1. The number of benzene rings is 1. The minimum Gasteiger partial charge on any atom is -0.373 e. The van der Waals surface area contributed by atoms with Crippen LogP contribution in [0, 0.1) is 6.92 Å². The molecular weight excluding hydrogens is 376 g/mol. The van der Waals surface area contributed by atoms with Gasteiger partial charge in [-0.15, -0.1) is 0 Å². The maximum atomic E-state index is 12.5. The van der Waals surface area contributed by atoms with Crippen LogP contribution in [-0.4, -0.2) is 45.5 Å². The number of ether oxygens (including phenoxy) is 1. The third kappa shape index (κ3) is 4.89. The molecule has 1 aliphatic rings. The largest absolute Gasteiger partial charge is 0.373 e. The van der Waals surface area contributed by atoms with Crippen LogP contribution in [0.25, 0.3) is 5.65 Å². The molecule has 1 aromatic carbocycles. The number of hydrogen-bond donors (Lipinski definition) is 1. The second-order valence-electron chi connectivity index (χ2n) is 8.33. The molecule has 6 nitrogen and oxygen atoms in total. The molecule has 4 rings (SSSR count). The highest BCUT2D eigenvalue weighted by atomic mass is 16.5. The Morgan fingerprint density at radius 2 is 1.87 bits per heavy atom. The van der Waals surface area contributed by atoms with Crippen LogP contribution in [0.4, 0.5) is 0 Å². The summed E-state index contributed by atoms with van der Waals surface area (Å²) in [5.41, 5.74) is 5.20. The van der Waals surface area contributed by atoms with Crippen molar-refractivity contribution in [3.05, 3.63) is 71.2 Å². The molecule has 0 bridgehead atoms. The number of fused-ring (bicyclic) bond motifs is 1. The molecule has 0 aliphatic carbocycles. The first-order valence-electron chi connectivity index (χ1n) is 10.6. The Balaban J connectivity index is 1.37. The van der Waals surface area contributed by atoms with Crippen molar-refractivity contribution in [1.82, 2.24) is 19.6 Å². The van der Waals surface area contributed by atoms with Gasteiger partial charge < -0.3 is 14.5 Å². The Hall–Kier alpha value is -2.70. The highest BCUT2D eigenvalue weighted by Crippen LogP contribution is 2.17. The topological polar surface area (TPSA) is 58.9 Å². The number of nitrogens with zero attached hydrogens (tertiary/aromatic N) is 3. The van der Waals surface area contributed by atoms with Gasteiger partial charge in [0.25, 0.3) is 0 Å². The fraction of sp³-hybridized carbons (Fsp3) is 0.417. The van der Waals surface area contributed by atoms with Crippen molar-refractivity contribution in [2.24, 2.45) is 0 Å². The smallest absolute Gasteiger partial charge is 0.226 e. The predicted octanol–water partition coefficient (Wildman–Crippen LogP) is 3.11. The standard InChI is InChI=1S/C24H30N4O2/c1-17-7-6-10-28-16-22(26-24(17)28)11-23(29)25-12-20-8-4-5-9-21(20)15-27-13-18(2)30-19(3)14-27/h4-10,16,18-19H,11-15H2,1-3H3,(H,25,29)/t18-,19-/m1/s1. The predicted molar refractivity (Wildman–Crippen MR) is 117 cm³/mol. The van der Waals surface area contributed by atoms with Crippen LogP contribution in [-0.2, 0) is 29.0 Å². The van der Waals surface area contributed by atoms with Gasteiger partial charge in [0.2, 0.25) is 5.91 Å². The molecular formula is C24H30N4O2. The van der Waals surface area contributed by atoms with Gasteiger partial charge in [-0.25, -0.2) is 4.98 Å². The molecule has 30 heavy (non-hydrogen) atoms. The lowest BCUT2D eigenvalue weighted by atomic mass is 10.1. The van der Waals surface area contributed by atoms with Gasteiger partial charge in [-0.05, 0) is 43.5 Å². The van der Waals surface area contributed by atoms with E-state index in [2.05, 4.69) is 47.2 Å². The molecule has 0 radical (unpaired) electrons. The van der Waals surface area contributed by atoms with Crippen LogP contribution in [0.5, 0.6) is 0 Å². The van der Waals surface area contributed by atoms with E-state index in [0.717, 1.165) is 42.1 Å². The fourth-order valence-corrected chi connectivity index (χ4v) is 4.25. The summed E-state index contributed by atoms with van der Waals surface area (Å²) in [6.45, 7) is 9.52. The molecule has 1 saturated heterocycles. The van der Waals surface area contributed by atoms with Gasteiger partial charge in [0.05, 0.1) is 24.3 Å². The van der Waals surface area contributed by atoms with Crippen molar-refractivity contribution in [1.29, 1.82) is 0 Å². The number of amides is 1. The molecule has 1 fully saturated rings. The lowest BCUT2D eigenvalue weighted by Crippen LogP contribution is -2.45. The van der Waals surface area contributed by atoms with E-state index in [9.17, 15) is 4.79 Å². The number of hydrogen-bond acceptors (Lipinski definition) is 4. The first-order valence-corrected chi connectivity index (χ1v) is 10.6. The monoisotopic (exact) mass is 406 g/mol. The van der Waals surface area contributed by atoms with Gasteiger partial charge in [-0.3, -0.25) is 9.69 Å². The van der Waals surface area contributed by atoms with Crippen molar-refractivity contribution < 1.29 is 9.53 Å². The van der Waals surface area contributed by atoms with E-state index in [1.165, 1.54) is 5.56 Å². The van der Waals surface area contributed by atoms with Crippen LogP contribution in [0.3, 0.4) is 0 Å². The molecule has 0 unspecified atom stereocenters. The number of rotatable bonds is 6. The van der Waals surface area contributed by atoms with Gasteiger partial charge in [0, 0.05) is 38.6 Å².